The van der Waals surface area contributed by atoms with Gasteiger partial charge >= 0.3 is 0 Å². The molecule has 8 heteroatoms. The molecule has 0 bridgehead atoms. The molecule has 1 aliphatic rings. The summed E-state index contributed by atoms with van der Waals surface area (Å²) in [6, 6.07) is 18.3. The molecule has 0 saturated heterocycles. The van der Waals surface area contributed by atoms with Crippen LogP contribution in [0.1, 0.15) is 24.5 Å². The van der Waals surface area contributed by atoms with Gasteiger partial charge in [0.2, 0.25) is 5.91 Å². The summed E-state index contributed by atoms with van der Waals surface area (Å²) in [5.41, 5.74) is 3.05. The van der Waals surface area contributed by atoms with Crippen LogP contribution in [0, 0.1) is 0 Å². The van der Waals surface area contributed by atoms with E-state index in [1.54, 1.807) is 50.3 Å². The molecule has 182 valence electrons. The Morgan fingerprint density at radius 3 is 2.57 bits per heavy atom. The van der Waals surface area contributed by atoms with Crippen LogP contribution < -0.4 is 24.4 Å². The van der Waals surface area contributed by atoms with Crippen LogP contribution in [0.3, 0.4) is 0 Å². The number of hydrogen-bond acceptors (Lipinski definition) is 5. The minimum Gasteiger partial charge on any atom is -0.493 e. The lowest BCUT2D eigenvalue weighted by molar-refractivity contribution is -0.125. The van der Waals surface area contributed by atoms with Crippen LogP contribution in [0.4, 0.5) is 11.4 Å². The molecule has 2 amide bonds. The smallest absolute Gasteiger partial charge is 0.268 e. The van der Waals surface area contributed by atoms with Crippen LogP contribution in [0.2, 0.25) is 5.02 Å². The molecule has 0 radical (unpaired) electrons. The molecule has 0 saturated carbocycles. The fourth-order valence-electron chi connectivity index (χ4n) is 3.98. The van der Waals surface area contributed by atoms with Crippen LogP contribution in [0.15, 0.2) is 60.7 Å². The molecular weight excluding hydrogens is 468 g/mol. The number of fused-ring (bicyclic) bond motifs is 1. The van der Waals surface area contributed by atoms with Gasteiger partial charge in [-0.05, 0) is 66.9 Å². The van der Waals surface area contributed by atoms with E-state index >= 15 is 0 Å². The van der Waals surface area contributed by atoms with E-state index in [0.29, 0.717) is 46.6 Å². The largest absolute Gasteiger partial charge is 0.493 e. The molecule has 7 nitrogen and oxygen atoms in total. The molecule has 3 aromatic carbocycles. The van der Waals surface area contributed by atoms with Crippen molar-refractivity contribution >= 4 is 34.8 Å². The molecule has 0 aliphatic carbocycles. The summed E-state index contributed by atoms with van der Waals surface area (Å²) in [7, 11) is 3.16. The average Bonchev–Trinajstić information content (AvgIpc) is 2.85. The number of carbonyl (C=O) groups excluding carboxylic acids is 2. The number of halogens is 1. The van der Waals surface area contributed by atoms with Gasteiger partial charge in [0.05, 0.1) is 26.5 Å². The Balaban J connectivity index is 1.47. The third kappa shape index (κ3) is 5.69. The van der Waals surface area contributed by atoms with Crippen molar-refractivity contribution in [2.75, 3.05) is 24.4 Å². The van der Waals surface area contributed by atoms with Gasteiger partial charge < -0.3 is 24.4 Å². The van der Waals surface area contributed by atoms with Crippen molar-refractivity contribution in [3.05, 3.63) is 76.8 Å². The number of nitrogens with zero attached hydrogens (tertiary/aromatic N) is 1. The van der Waals surface area contributed by atoms with Gasteiger partial charge in [-0.15, -0.1) is 0 Å². The van der Waals surface area contributed by atoms with Crippen LogP contribution in [0.5, 0.6) is 17.2 Å². The summed E-state index contributed by atoms with van der Waals surface area (Å²) in [5.74, 6) is 1.55. The first-order chi connectivity index (χ1) is 16.9. The SMILES string of the molecule is COc1ccc(CCC(=O)Nc2ccc3c(c2)N(Cc2cccc(Cl)c2)C(=O)C(C)O3)cc1OC. The van der Waals surface area contributed by atoms with Gasteiger partial charge in [-0.25, -0.2) is 0 Å². The van der Waals surface area contributed by atoms with Crippen molar-refractivity contribution in [2.45, 2.75) is 32.4 Å². The number of carbonyl (C=O) groups is 2. The average molecular weight is 495 g/mol. The van der Waals surface area contributed by atoms with Gasteiger partial charge in [-0.3, -0.25) is 9.59 Å². The lowest BCUT2D eigenvalue weighted by atomic mass is 10.1. The lowest BCUT2D eigenvalue weighted by Crippen LogP contribution is -2.44. The molecular formula is C27H27ClN2O5. The van der Waals surface area contributed by atoms with Crippen molar-refractivity contribution in [1.29, 1.82) is 0 Å². The second-order valence-corrected chi connectivity index (χ2v) is 8.67. The van der Waals surface area contributed by atoms with Gasteiger partial charge in [0, 0.05) is 17.1 Å². The van der Waals surface area contributed by atoms with Crippen LogP contribution in [-0.4, -0.2) is 32.1 Å². The molecule has 1 unspecified atom stereocenters. The zero-order valence-corrected chi connectivity index (χ0v) is 20.6. The molecule has 1 N–H and O–H groups in total. The van der Waals surface area contributed by atoms with E-state index in [4.69, 9.17) is 25.8 Å². The summed E-state index contributed by atoms with van der Waals surface area (Å²) in [5, 5.41) is 3.53. The monoisotopic (exact) mass is 494 g/mol. The van der Waals surface area contributed by atoms with Gasteiger partial charge in [0.15, 0.2) is 17.6 Å². The fourth-order valence-corrected chi connectivity index (χ4v) is 4.20. The van der Waals surface area contributed by atoms with E-state index < -0.39 is 6.10 Å². The van der Waals surface area contributed by atoms with Crippen molar-refractivity contribution in [1.82, 2.24) is 0 Å². The molecule has 0 aromatic heterocycles. The fraction of sp³-hybridized carbons (Fsp3) is 0.259. The summed E-state index contributed by atoms with van der Waals surface area (Å²) in [4.78, 5) is 27.3. The summed E-state index contributed by atoms with van der Waals surface area (Å²) in [6.45, 7) is 2.07. The Hall–Kier alpha value is -3.71. The van der Waals surface area contributed by atoms with Crippen molar-refractivity contribution in [3.8, 4) is 17.2 Å². The second-order valence-electron chi connectivity index (χ2n) is 8.23. The Kier molecular flexibility index (Phi) is 7.46. The van der Waals surface area contributed by atoms with Crippen LogP contribution in [0.25, 0.3) is 0 Å². The zero-order chi connectivity index (χ0) is 24.9. The van der Waals surface area contributed by atoms with E-state index in [2.05, 4.69) is 5.32 Å². The summed E-state index contributed by atoms with van der Waals surface area (Å²) >= 11 is 6.13. The zero-order valence-electron chi connectivity index (χ0n) is 19.8. The number of ether oxygens (including phenoxy) is 3. The van der Waals surface area contributed by atoms with E-state index in [-0.39, 0.29) is 18.2 Å². The summed E-state index contributed by atoms with van der Waals surface area (Å²) in [6.07, 6.45) is 0.214. The number of nitrogens with one attached hydrogen (secondary N) is 1. The Morgan fingerprint density at radius 2 is 1.83 bits per heavy atom. The van der Waals surface area contributed by atoms with Crippen LogP contribution >= 0.6 is 11.6 Å². The number of hydrogen-bond donors (Lipinski definition) is 1. The van der Waals surface area contributed by atoms with Gasteiger partial charge in [-0.2, -0.15) is 0 Å². The van der Waals surface area contributed by atoms with Gasteiger partial charge in [-0.1, -0.05) is 29.8 Å². The minimum atomic E-state index is -0.608. The highest BCUT2D eigenvalue weighted by Crippen LogP contribution is 2.37. The van der Waals surface area contributed by atoms with Crippen molar-refractivity contribution in [3.63, 3.8) is 0 Å². The van der Waals surface area contributed by atoms with Gasteiger partial charge in [0.1, 0.15) is 5.75 Å². The number of amides is 2. The van der Waals surface area contributed by atoms with Gasteiger partial charge in [0.25, 0.3) is 5.91 Å². The van der Waals surface area contributed by atoms with E-state index in [1.165, 1.54) is 0 Å². The molecule has 1 atom stereocenters. The molecule has 1 aliphatic heterocycles. The first-order valence-corrected chi connectivity index (χ1v) is 11.6. The number of aryl methyl sites for hydroxylation is 1. The van der Waals surface area contributed by atoms with E-state index in [1.807, 2.05) is 36.4 Å². The molecule has 1 heterocycles. The first kappa shape index (κ1) is 24.4. The predicted octanol–water partition coefficient (Wildman–Crippen LogP) is 5.24. The lowest BCUT2D eigenvalue weighted by Gasteiger charge is -2.33. The van der Waals surface area contributed by atoms with Crippen molar-refractivity contribution < 1.29 is 23.8 Å². The van der Waals surface area contributed by atoms with Crippen molar-refractivity contribution in [2.24, 2.45) is 0 Å². The Labute approximate surface area is 209 Å². The standard InChI is InChI=1S/C27H27ClN2O5/c1-17-27(32)30(16-19-5-4-6-20(28)13-19)22-15-21(9-11-23(22)35-17)29-26(31)12-8-18-7-10-24(33-2)25(14-18)34-3/h4-7,9-11,13-15,17H,8,12,16H2,1-3H3,(H,29,31). The molecule has 0 spiro atoms. The second kappa shape index (κ2) is 10.7. The van der Waals surface area contributed by atoms with E-state index in [9.17, 15) is 9.59 Å². The van der Waals surface area contributed by atoms with Crippen LogP contribution in [-0.2, 0) is 22.6 Å². The maximum Gasteiger partial charge on any atom is 0.268 e. The van der Waals surface area contributed by atoms with E-state index in [0.717, 1.165) is 11.1 Å². The third-order valence-corrected chi connectivity index (χ3v) is 6.00. The molecule has 4 rings (SSSR count). The number of rotatable bonds is 8. The Morgan fingerprint density at radius 1 is 1.03 bits per heavy atom. The maximum absolute atomic E-state index is 12.9. The number of benzene rings is 3. The molecule has 3 aromatic rings. The molecule has 35 heavy (non-hydrogen) atoms. The maximum atomic E-state index is 12.9. The highest BCUT2D eigenvalue weighted by molar-refractivity contribution is 6.30. The Bertz CT molecular complexity index is 1250. The highest BCUT2D eigenvalue weighted by Gasteiger charge is 2.32. The number of methoxy groups -OCH3 is 2. The predicted molar refractivity (Wildman–Crippen MR) is 136 cm³/mol. The topological polar surface area (TPSA) is 77.1 Å². The molecule has 0 fully saturated rings. The number of anilines is 2. The highest BCUT2D eigenvalue weighted by atomic mass is 35.5. The third-order valence-electron chi connectivity index (χ3n) is 5.77. The first-order valence-electron chi connectivity index (χ1n) is 11.2. The minimum absolute atomic E-state index is 0.141. The summed E-state index contributed by atoms with van der Waals surface area (Å²) < 4.78 is 16.4. The normalized spacial score (nSPS) is 14.7. The quantitative estimate of drug-likeness (QED) is 0.463.